The molecule has 0 aliphatic heterocycles. The summed E-state index contributed by atoms with van der Waals surface area (Å²) in [6.07, 6.45) is 5.16. The molecule has 1 aromatic heterocycles. The van der Waals surface area contributed by atoms with Gasteiger partial charge in [0, 0.05) is 6.20 Å². The van der Waals surface area contributed by atoms with Gasteiger partial charge in [-0.05, 0) is 49.0 Å². The molecule has 0 atom stereocenters. The Kier molecular flexibility index (Phi) is 3.67. The Morgan fingerprint density at radius 2 is 2.13 bits per heavy atom. The molecular weight excluding hydrogens is 182 g/mol. The fraction of sp³-hybridized carbons (Fsp3) is 0.500. The highest BCUT2D eigenvalue weighted by Gasteiger charge is 2.18. The first-order valence-corrected chi connectivity index (χ1v) is 5.61. The zero-order valence-electron chi connectivity index (χ0n) is 10.5. The van der Waals surface area contributed by atoms with Gasteiger partial charge in [0.15, 0.2) is 0 Å². The van der Waals surface area contributed by atoms with Gasteiger partial charge in [0.05, 0.1) is 5.69 Å². The van der Waals surface area contributed by atoms with Gasteiger partial charge in [-0.25, -0.2) is 0 Å². The van der Waals surface area contributed by atoms with Crippen LogP contribution in [0.2, 0.25) is 0 Å². The summed E-state index contributed by atoms with van der Waals surface area (Å²) in [6.45, 7) is 10.9. The first-order chi connectivity index (χ1) is 7.01. The van der Waals surface area contributed by atoms with E-state index < -0.39 is 0 Å². The van der Waals surface area contributed by atoms with Gasteiger partial charge in [0.25, 0.3) is 0 Å². The van der Waals surface area contributed by atoms with Crippen LogP contribution in [0.4, 0.5) is 0 Å². The van der Waals surface area contributed by atoms with Crippen LogP contribution in [0.25, 0.3) is 5.57 Å². The average Bonchev–Trinajstić information content (AvgIpc) is 2.28. The summed E-state index contributed by atoms with van der Waals surface area (Å²) in [7, 11) is 0. The van der Waals surface area contributed by atoms with E-state index in [1.807, 2.05) is 6.20 Å². The number of hydrogen-bond acceptors (Lipinski definition) is 1. The summed E-state index contributed by atoms with van der Waals surface area (Å²) < 4.78 is 0. The maximum Gasteiger partial charge on any atom is 0.0658 e. The summed E-state index contributed by atoms with van der Waals surface area (Å²) >= 11 is 0. The SMILES string of the molecule is C/C=C(\C)c1cc(C(C)(C)CC)ccn1. The second-order valence-electron chi connectivity index (χ2n) is 4.64. The van der Waals surface area contributed by atoms with E-state index in [2.05, 4.69) is 57.8 Å². The van der Waals surface area contributed by atoms with E-state index in [-0.39, 0.29) is 5.41 Å². The van der Waals surface area contributed by atoms with E-state index >= 15 is 0 Å². The van der Waals surface area contributed by atoms with Crippen molar-refractivity contribution in [2.45, 2.75) is 46.5 Å². The maximum absolute atomic E-state index is 4.39. The third-order valence-corrected chi connectivity index (χ3v) is 3.26. The second kappa shape index (κ2) is 4.61. The van der Waals surface area contributed by atoms with Crippen LogP contribution in [0.3, 0.4) is 0 Å². The van der Waals surface area contributed by atoms with Crippen molar-refractivity contribution in [2.75, 3.05) is 0 Å². The lowest BCUT2D eigenvalue weighted by Gasteiger charge is -2.23. The Balaban J connectivity index is 3.14. The van der Waals surface area contributed by atoms with Crippen LogP contribution in [0, 0.1) is 0 Å². The summed E-state index contributed by atoms with van der Waals surface area (Å²) in [5.74, 6) is 0. The molecule has 0 bridgehead atoms. The van der Waals surface area contributed by atoms with Crippen molar-refractivity contribution in [3.63, 3.8) is 0 Å². The van der Waals surface area contributed by atoms with Crippen molar-refractivity contribution < 1.29 is 0 Å². The quantitative estimate of drug-likeness (QED) is 0.717. The van der Waals surface area contributed by atoms with Gasteiger partial charge in [-0.15, -0.1) is 0 Å². The van der Waals surface area contributed by atoms with Crippen LogP contribution in [-0.4, -0.2) is 4.98 Å². The van der Waals surface area contributed by atoms with Gasteiger partial charge in [0.2, 0.25) is 0 Å². The second-order valence-corrected chi connectivity index (χ2v) is 4.64. The van der Waals surface area contributed by atoms with Crippen LogP contribution in [0.5, 0.6) is 0 Å². The van der Waals surface area contributed by atoms with Crippen molar-refractivity contribution in [1.29, 1.82) is 0 Å². The number of allylic oxidation sites excluding steroid dienone is 2. The summed E-state index contributed by atoms with van der Waals surface area (Å²) in [5.41, 5.74) is 3.95. The Labute approximate surface area is 93.2 Å². The van der Waals surface area contributed by atoms with Crippen molar-refractivity contribution >= 4 is 5.57 Å². The van der Waals surface area contributed by atoms with Crippen molar-refractivity contribution in [2.24, 2.45) is 0 Å². The summed E-state index contributed by atoms with van der Waals surface area (Å²) in [6, 6.07) is 4.33. The third-order valence-electron chi connectivity index (χ3n) is 3.26. The number of hydrogen-bond donors (Lipinski definition) is 0. The van der Waals surface area contributed by atoms with Crippen LogP contribution in [0.15, 0.2) is 24.4 Å². The van der Waals surface area contributed by atoms with Crippen molar-refractivity contribution in [1.82, 2.24) is 4.98 Å². The zero-order chi connectivity index (χ0) is 11.5. The minimum absolute atomic E-state index is 0.242. The Bertz CT molecular complexity index is 361. The molecule has 1 aromatic rings. The lowest BCUT2D eigenvalue weighted by atomic mass is 9.82. The molecule has 0 spiro atoms. The van der Waals surface area contributed by atoms with Gasteiger partial charge in [0.1, 0.15) is 0 Å². The number of pyridine rings is 1. The number of nitrogens with zero attached hydrogens (tertiary/aromatic N) is 1. The van der Waals surface area contributed by atoms with Crippen molar-refractivity contribution in [3.05, 3.63) is 35.7 Å². The van der Waals surface area contributed by atoms with Gasteiger partial charge in [-0.1, -0.05) is 26.8 Å². The van der Waals surface area contributed by atoms with E-state index in [9.17, 15) is 0 Å². The first kappa shape index (κ1) is 12.0. The first-order valence-electron chi connectivity index (χ1n) is 5.61. The molecule has 0 fully saturated rings. The molecule has 0 unspecified atom stereocenters. The van der Waals surface area contributed by atoms with Crippen LogP contribution < -0.4 is 0 Å². The van der Waals surface area contributed by atoms with E-state index in [4.69, 9.17) is 0 Å². The molecular formula is C14H21N. The molecule has 1 heteroatoms. The molecule has 1 nitrogen and oxygen atoms in total. The van der Waals surface area contributed by atoms with Gasteiger partial charge in [-0.2, -0.15) is 0 Å². The van der Waals surface area contributed by atoms with E-state index in [0.717, 1.165) is 12.1 Å². The van der Waals surface area contributed by atoms with Crippen molar-refractivity contribution in [3.8, 4) is 0 Å². The number of aromatic nitrogens is 1. The Morgan fingerprint density at radius 3 is 2.67 bits per heavy atom. The van der Waals surface area contributed by atoms with Crippen LogP contribution in [0.1, 0.15) is 52.3 Å². The lowest BCUT2D eigenvalue weighted by Crippen LogP contribution is -2.15. The minimum Gasteiger partial charge on any atom is -0.257 e. The fourth-order valence-electron chi connectivity index (χ4n) is 1.42. The molecule has 0 saturated carbocycles. The predicted octanol–water partition coefficient (Wildman–Crippen LogP) is 4.19. The topological polar surface area (TPSA) is 12.9 Å². The molecule has 1 rings (SSSR count). The summed E-state index contributed by atoms with van der Waals surface area (Å²) in [4.78, 5) is 4.39. The predicted molar refractivity (Wildman–Crippen MR) is 66.9 cm³/mol. The van der Waals surface area contributed by atoms with Gasteiger partial charge in [-0.3, -0.25) is 4.98 Å². The maximum atomic E-state index is 4.39. The monoisotopic (exact) mass is 203 g/mol. The molecule has 1 heterocycles. The van der Waals surface area contributed by atoms with E-state index in [1.165, 1.54) is 11.1 Å². The molecule has 82 valence electrons. The van der Waals surface area contributed by atoms with E-state index in [1.54, 1.807) is 0 Å². The Hall–Kier alpha value is -1.11. The molecule has 0 aromatic carbocycles. The molecule has 0 aliphatic carbocycles. The molecule has 0 radical (unpaired) electrons. The standard InChI is InChI=1S/C14H21N/c1-6-11(3)13-10-12(8-9-15-13)14(4,5)7-2/h6,8-10H,7H2,1-5H3/b11-6+. The smallest absolute Gasteiger partial charge is 0.0658 e. The zero-order valence-corrected chi connectivity index (χ0v) is 10.5. The van der Waals surface area contributed by atoms with Crippen LogP contribution >= 0.6 is 0 Å². The molecule has 0 amide bonds. The molecule has 0 aliphatic rings. The van der Waals surface area contributed by atoms with Gasteiger partial charge < -0.3 is 0 Å². The average molecular weight is 203 g/mol. The fourth-order valence-corrected chi connectivity index (χ4v) is 1.42. The molecule has 0 N–H and O–H groups in total. The van der Waals surface area contributed by atoms with Gasteiger partial charge >= 0.3 is 0 Å². The third kappa shape index (κ3) is 2.68. The lowest BCUT2D eigenvalue weighted by molar-refractivity contribution is 0.505. The highest BCUT2D eigenvalue weighted by molar-refractivity contribution is 5.60. The van der Waals surface area contributed by atoms with Crippen LogP contribution in [-0.2, 0) is 5.41 Å². The highest BCUT2D eigenvalue weighted by Crippen LogP contribution is 2.27. The largest absolute Gasteiger partial charge is 0.257 e. The van der Waals surface area contributed by atoms with E-state index in [0.29, 0.717) is 0 Å². The minimum atomic E-state index is 0.242. The Morgan fingerprint density at radius 1 is 1.47 bits per heavy atom. The molecule has 0 saturated heterocycles. The normalized spacial score (nSPS) is 13.0. The highest BCUT2D eigenvalue weighted by atomic mass is 14.7. The molecule has 15 heavy (non-hydrogen) atoms. The summed E-state index contributed by atoms with van der Waals surface area (Å²) in [5, 5.41) is 0. The number of rotatable bonds is 3.